The zero-order valence-electron chi connectivity index (χ0n) is 10.7. The van der Waals surface area contributed by atoms with E-state index < -0.39 is 6.10 Å². The van der Waals surface area contributed by atoms with Gasteiger partial charge in [-0.25, -0.2) is 0 Å². The van der Waals surface area contributed by atoms with E-state index in [0.29, 0.717) is 12.5 Å². The number of ether oxygens (including phenoxy) is 1. The van der Waals surface area contributed by atoms with Gasteiger partial charge in [0.25, 0.3) is 0 Å². The molecule has 2 heteroatoms. The van der Waals surface area contributed by atoms with Crippen molar-refractivity contribution in [2.24, 2.45) is 5.92 Å². The van der Waals surface area contributed by atoms with Crippen LogP contribution in [0.4, 0.5) is 0 Å². The smallest absolute Gasteiger partial charge is 0.125 e. The molecule has 0 saturated carbocycles. The summed E-state index contributed by atoms with van der Waals surface area (Å²) in [6.45, 7) is 8.84. The average molecular weight is 222 g/mol. The predicted molar refractivity (Wildman–Crippen MR) is 66.8 cm³/mol. The van der Waals surface area contributed by atoms with Gasteiger partial charge in [0, 0.05) is 5.56 Å². The second-order valence-corrected chi connectivity index (χ2v) is 4.62. The summed E-state index contributed by atoms with van der Waals surface area (Å²) in [5.41, 5.74) is 2.07. The van der Waals surface area contributed by atoms with Gasteiger partial charge in [0.2, 0.25) is 0 Å². The first-order valence-electron chi connectivity index (χ1n) is 5.96. The highest BCUT2D eigenvalue weighted by atomic mass is 16.5. The normalized spacial score (nSPS) is 12.9. The monoisotopic (exact) mass is 222 g/mol. The Hall–Kier alpha value is -1.02. The van der Waals surface area contributed by atoms with E-state index in [1.807, 2.05) is 32.0 Å². The van der Waals surface area contributed by atoms with Crippen molar-refractivity contribution in [3.63, 3.8) is 0 Å². The summed E-state index contributed by atoms with van der Waals surface area (Å²) in [6, 6.07) is 5.96. The highest BCUT2D eigenvalue weighted by molar-refractivity contribution is 5.38. The van der Waals surface area contributed by atoms with Gasteiger partial charge in [0.15, 0.2) is 0 Å². The van der Waals surface area contributed by atoms with Crippen LogP contribution in [0.3, 0.4) is 0 Å². The highest BCUT2D eigenvalue weighted by Crippen LogP contribution is 2.30. The average Bonchev–Trinajstić information content (AvgIpc) is 2.20. The number of benzene rings is 1. The molecule has 0 radical (unpaired) electrons. The molecule has 0 heterocycles. The third-order valence-electron chi connectivity index (χ3n) is 2.52. The lowest BCUT2D eigenvalue weighted by atomic mass is 9.97. The third-order valence-corrected chi connectivity index (χ3v) is 2.52. The Morgan fingerprint density at radius 1 is 1.31 bits per heavy atom. The molecule has 0 aromatic heterocycles. The third kappa shape index (κ3) is 3.53. The summed E-state index contributed by atoms with van der Waals surface area (Å²) < 4.78 is 5.53. The molecule has 1 aromatic carbocycles. The van der Waals surface area contributed by atoms with Crippen molar-refractivity contribution in [3.8, 4) is 5.75 Å². The van der Waals surface area contributed by atoms with Crippen LogP contribution in [0.25, 0.3) is 0 Å². The minimum Gasteiger partial charge on any atom is -0.493 e. The van der Waals surface area contributed by atoms with Crippen molar-refractivity contribution in [1.82, 2.24) is 0 Å². The molecule has 0 saturated heterocycles. The zero-order valence-corrected chi connectivity index (χ0v) is 10.7. The van der Waals surface area contributed by atoms with E-state index in [9.17, 15) is 5.11 Å². The number of aryl methyl sites for hydroxylation is 1. The number of hydrogen-bond donors (Lipinski definition) is 1. The lowest BCUT2D eigenvalue weighted by Crippen LogP contribution is -2.05. The van der Waals surface area contributed by atoms with Crippen LogP contribution in [0.15, 0.2) is 18.2 Å². The first-order chi connectivity index (χ1) is 7.54. The lowest BCUT2D eigenvalue weighted by Gasteiger charge is -2.18. The van der Waals surface area contributed by atoms with Crippen molar-refractivity contribution >= 4 is 0 Å². The molecule has 90 valence electrons. The van der Waals surface area contributed by atoms with Crippen LogP contribution in [0, 0.1) is 12.8 Å². The first kappa shape index (κ1) is 13.0. The van der Waals surface area contributed by atoms with Crippen LogP contribution in [-0.4, -0.2) is 11.7 Å². The molecule has 0 bridgehead atoms. The fraction of sp³-hybridized carbons (Fsp3) is 0.571. The van der Waals surface area contributed by atoms with Crippen molar-refractivity contribution in [1.29, 1.82) is 0 Å². The first-order valence-corrected chi connectivity index (χ1v) is 5.96. The van der Waals surface area contributed by atoms with Crippen molar-refractivity contribution in [3.05, 3.63) is 29.3 Å². The van der Waals surface area contributed by atoms with E-state index in [-0.39, 0.29) is 0 Å². The van der Waals surface area contributed by atoms with E-state index >= 15 is 0 Å². The molecule has 1 aromatic rings. The van der Waals surface area contributed by atoms with Crippen LogP contribution in [0.2, 0.25) is 0 Å². The van der Waals surface area contributed by atoms with Gasteiger partial charge in [-0.1, -0.05) is 25.5 Å². The molecular formula is C14H22O2. The van der Waals surface area contributed by atoms with Gasteiger partial charge in [-0.3, -0.25) is 0 Å². The predicted octanol–water partition coefficient (Wildman–Crippen LogP) is 3.47. The largest absolute Gasteiger partial charge is 0.493 e. The second-order valence-electron chi connectivity index (χ2n) is 4.62. The molecular weight excluding hydrogens is 200 g/mol. The minimum absolute atomic E-state index is 0.429. The number of hydrogen-bond acceptors (Lipinski definition) is 2. The Morgan fingerprint density at radius 3 is 2.56 bits per heavy atom. The lowest BCUT2D eigenvalue weighted by molar-refractivity contribution is 0.146. The van der Waals surface area contributed by atoms with E-state index in [0.717, 1.165) is 23.3 Å². The van der Waals surface area contributed by atoms with E-state index in [1.54, 1.807) is 0 Å². The van der Waals surface area contributed by atoms with Gasteiger partial charge in [-0.05, 0) is 38.3 Å². The highest BCUT2D eigenvalue weighted by Gasteiger charge is 2.15. The Bertz CT molecular complexity index is 332. The van der Waals surface area contributed by atoms with E-state index in [2.05, 4.69) is 13.8 Å². The quantitative estimate of drug-likeness (QED) is 0.826. The molecule has 0 aliphatic rings. The minimum atomic E-state index is -0.429. The van der Waals surface area contributed by atoms with Gasteiger partial charge in [0.1, 0.15) is 5.75 Å². The summed E-state index contributed by atoms with van der Waals surface area (Å²) in [4.78, 5) is 0. The summed E-state index contributed by atoms with van der Waals surface area (Å²) in [7, 11) is 0. The van der Waals surface area contributed by atoms with Gasteiger partial charge < -0.3 is 9.84 Å². The number of rotatable bonds is 5. The zero-order chi connectivity index (χ0) is 12.1. The van der Waals surface area contributed by atoms with Crippen molar-refractivity contribution < 1.29 is 9.84 Å². The standard InChI is InChI=1S/C14H22O2/c1-5-16-14-7-6-11(4)9-12(14)13(15)8-10(2)3/h6-7,9-10,13,15H,5,8H2,1-4H3. The molecule has 1 rings (SSSR count). The fourth-order valence-corrected chi connectivity index (χ4v) is 1.79. The maximum atomic E-state index is 10.1. The van der Waals surface area contributed by atoms with E-state index in [1.165, 1.54) is 0 Å². The van der Waals surface area contributed by atoms with Crippen LogP contribution in [0.5, 0.6) is 5.75 Å². The molecule has 16 heavy (non-hydrogen) atoms. The van der Waals surface area contributed by atoms with Gasteiger partial charge in [-0.15, -0.1) is 0 Å². The van der Waals surface area contributed by atoms with Gasteiger partial charge in [0.05, 0.1) is 12.7 Å². The maximum absolute atomic E-state index is 10.1. The second kappa shape index (κ2) is 5.90. The van der Waals surface area contributed by atoms with Gasteiger partial charge >= 0.3 is 0 Å². The number of aliphatic hydroxyl groups is 1. The molecule has 1 unspecified atom stereocenters. The van der Waals surface area contributed by atoms with Crippen molar-refractivity contribution in [2.45, 2.75) is 40.2 Å². The van der Waals surface area contributed by atoms with Crippen LogP contribution < -0.4 is 4.74 Å². The van der Waals surface area contributed by atoms with Crippen LogP contribution in [-0.2, 0) is 0 Å². The summed E-state index contributed by atoms with van der Waals surface area (Å²) in [5, 5.41) is 10.1. The topological polar surface area (TPSA) is 29.5 Å². The molecule has 0 amide bonds. The Labute approximate surface area is 98.3 Å². The number of aliphatic hydroxyl groups excluding tert-OH is 1. The molecule has 0 fully saturated rings. The van der Waals surface area contributed by atoms with Gasteiger partial charge in [-0.2, -0.15) is 0 Å². The molecule has 0 aliphatic heterocycles. The molecule has 1 atom stereocenters. The van der Waals surface area contributed by atoms with Crippen LogP contribution in [0.1, 0.15) is 44.4 Å². The molecule has 0 spiro atoms. The fourth-order valence-electron chi connectivity index (χ4n) is 1.79. The summed E-state index contributed by atoms with van der Waals surface area (Å²) in [5.74, 6) is 1.28. The van der Waals surface area contributed by atoms with Crippen LogP contribution >= 0.6 is 0 Å². The molecule has 1 N–H and O–H groups in total. The molecule has 2 nitrogen and oxygen atoms in total. The summed E-state index contributed by atoms with van der Waals surface area (Å²) in [6.07, 6.45) is 0.338. The maximum Gasteiger partial charge on any atom is 0.125 e. The SMILES string of the molecule is CCOc1ccc(C)cc1C(O)CC(C)C. The Kier molecular flexibility index (Phi) is 4.81. The Balaban J connectivity index is 2.94. The molecule has 0 aliphatic carbocycles. The van der Waals surface area contributed by atoms with E-state index in [4.69, 9.17) is 4.74 Å². The Morgan fingerprint density at radius 2 is 2.00 bits per heavy atom. The summed E-state index contributed by atoms with van der Waals surface area (Å²) >= 11 is 0. The van der Waals surface area contributed by atoms with Crippen molar-refractivity contribution in [2.75, 3.05) is 6.61 Å².